The van der Waals surface area contributed by atoms with Crippen molar-refractivity contribution >= 4 is 13.7 Å². The van der Waals surface area contributed by atoms with Crippen LogP contribution in [0.15, 0.2) is 0 Å². The number of hydrogen-bond acceptors (Lipinski definition) is 7. The van der Waals surface area contributed by atoms with Crippen LogP contribution >= 0.6 is 7.95 Å². The van der Waals surface area contributed by atoms with Crippen LogP contribution < -0.4 is 5.73 Å². The Kier molecular flexibility index (Phi) is 9.88. The molecule has 0 rings (SSSR count). The van der Waals surface area contributed by atoms with Gasteiger partial charge in [-0.1, -0.05) is 11.6 Å². The number of carbonyl (C=O) groups excluding carboxylic acids is 1. The summed E-state index contributed by atoms with van der Waals surface area (Å²) in [5.74, 6) is -0.907. The average molecular weight is 376 g/mol. The first kappa shape index (κ1) is 24.1. The highest BCUT2D eigenvalue weighted by atomic mass is 31.1. The molecule has 0 bridgehead atoms. The van der Waals surface area contributed by atoms with E-state index in [1.807, 2.05) is 0 Å². The first-order valence-corrected chi connectivity index (χ1v) is 9.68. The van der Waals surface area contributed by atoms with Crippen molar-refractivity contribution in [2.45, 2.75) is 83.6 Å². The van der Waals surface area contributed by atoms with Gasteiger partial charge in [-0.05, 0) is 45.6 Å². The zero-order chi connectivity index (χ0) is 19.9. The Morgan fingerprint density at radius 3 is 2.12 bits per heavy atom. The molecular formula is C16H31N3O5P+. The van der Waals surface area contributed by atoms with E-state index in [2.05, 4.69) is 0 Å². The maximum atomic E-state index is 13.3. The second kappa shape index (κ2) is 10.3. The average Bonchev–Trinajstić information content (AvgIpc) is 2.55. The fourth-order valence-corrected chi connectivity index (χ4v) is 4.65. The molecule has 5 unspecified atom stereocenters. The van der Waals surface area contributed by atoms with Crippen molar-refractivity contribution in [3.8, 4) is 6.07 Å². The van der Waals surface area contributed by atoms with Gasteiger partial charge < -0.3 is 20.7 Å². The predicted molar refractivity (Wildman–Crippen MR) is 95.0 cm³/mol. The molecule has 0 fully saturated rings. The summed E-state index contributed by atoms with van der Waals surface area (Å²) >= 11 is 0. The van der Waals surface area contributed by atoms with Crippen molar-refractivity contribution in [1.29, 1.82) is 5.26 Å². The lowest BCUT2D eigenvalue weighted by Gasteiger charge is -2.32. The van der Waals surface area contributed by atoms with Crippen molar-refractivity contribution in [1.82, 2.24) is 4.67 Å². The largest absolute Gasteiger partial charge is 0.482 e. The van der Waals surface area contributed by atoms with Crippen LogP contribution in [-0.4, -0.2) is 62.9 Å². The SMILES string of the molecule is CCOC(C(O)C#N)C(O)(C(=O)C(N)CC)[P+](=O)N(C(C)C)C(C)C. The Bertz CT molecular complexity index is 500. The molecule has 0 aromatic heterocycles. The monoisotopic (exact) mass is 376 g/mol. The summed E-state index contributed by atoms with van der Waals surface area (Å²) < 4.78 is 20.1. The van der Waals surface area contributed by atoms with Gasteiger partial charge in [0.05, 0.1) is 12.1 Å². The van der Waals surface area contributed by atoms with Crippen molar-refractivity contribution in [2.75, 3.05) is 6.61 Å². The number of aliphatic hydroxyl groups excluding tert-OH is 1. The molecule has 0 aromatic rings. The molecule has 0 heterocycles. The minimum Gasteiger partial charge on any atom is -0.375 e. The molecular weight excluding hydrogens is 345 g/mol. The molecule has 8 nitrogen and oxygen atoms in total. The van der Waals surface area contributed by atoms with Gasteiger partial charge in [0, 0.05) is 18.7 Å². The molecule has 4 N–H and O–H groups in total. The third-order valence-corrected chi connectivity index (χ3v) is 6.26. The van der Waals surface area contributed by atoms with Crippen LogP contribution in [0.1, 0.15) is 48.0 Å². The summed E-state index contributed by atoms with van der Waals surface area (Å²) in [6.07, 6.45) is -3.30. The van der Waals surface area contributed by atoms with Gasteiger partial charge in [0.1, 0.15) is 0 Å². The molecule has 9 heteroatoms. The molecule has 5 atom stereocenters. The third-order valence-electron chi connectivity index (χ3n) is 3.86. The van der Waals surface area contributed by atoms with Crippen LogP contribution in [0.3, 0.4) is 0 Å². The minimum atomic E-state index is -2.76. The van der Waals surface area contributed by atoms with Crippen molar-refractivity contribution in [3.63, 3.8) is 0 Å². The normalized spacial score (nSPS) is 18.6. The van der Waals surface area contributed by atoms with Gasteiger partial charge in [0.2, 0.25) is 5.78 Å². The van der Waals surface area contributed by atoms with Crippen molar-refractivity contribution in [2.24, 2.45) is 5.73 Å². The van der Waals surface area contributed by atoms with Crippen molar-refractivity contribution in [3.05, 3.63) is 0 Å². The Balaban J connectivity index is 6.36. The fraction of sp³-hybridized carbons (Fsp3) is 0.875. The molecule has 0 radical (unpaired) electrons. The smallest absolute Gasteiger partial charge is 0.375 e. The number of hydrogen-bond donors (Lipinski definition) is 3. The van der Waals surface area contributed by atoms with Crippen LogP contribution in [0.5, 0.6) is 0 Å². The highest BCUT2D eigenvalue weighted by molar-refractivity contribution is 7.45. The molecule has 0 amide bonds. The first-order valence-electron chi connectivity index (χ1n) is 8.47. The van der Waals surface area contributed by atoms with Gasteiger partial charge in [-0.2, -0.15) is 5.26 Å². The molecule has 0 spiro atoms. The summed E-state index contributed by atoms with van der Waals surface area (Å²) in [6, 6.07) is -0.0716. The lowest BCUT2D eigenvalue weighted by molar-refractivity contribution is -0.151. The Morgan fingerprint density at radius 1 is 1.32 bits per heavy atom. The highest BCUT2D eigenvalue weighted by Gasteiger charge is 2.67. The molecule has 144 valence electrons. The topological polar surface area (TPSA) is 137 Å². The number of nitrogens with two attached hydrogens (primary N) is 1. The second-order valence-electron chi connectivity index (χ2n) is 6.40. The zero-order valence-corrected chi connectivity index (χ0v) is 16.7. The lowest BCUT2D eigenvalue weighted by atomic mass is 9.97. The van der Waals surface area contributed by atoms with E-state index in [0.717, 1.165) is 0 Å². The Labute approximate surface area is 150 Å². The molecule has 0 aliphatic heterocycles. The summed E-state index contributed by atoms with van der Waals surface area (Å²) in [5, 5.41) is 27.7. The number of rotatable bonds is 11. The van der Waals surface area contributed by atoms with E-state index in [9.17, 15) is 19.6 Å². The standard InChI is InChI=1S/C16H31N3O5P/c1-7-12(18)14(21)16(22,15(24-8-2)13(20)9-17)25(23)19(10(3)4)11(5)6/h10-13,15,20,22H,7-8,18H2,1-6H3/q+1. The van der Waals surface area contributed by atoms with Crippen LogP contribution in [0.25, 0.3) is 0 Å². The van der Waals surface area contributed by atoms with E-state index >= 15 is 0 Å². The van der Waals surface area contributed by atoms with E-state index in [0.29, 0.717) is 0 Å². The Hall–Kier alpha value is -0.940. The van der Waals surface area contributed by atoms with Gasteiger partial charge in [0.25, 0.3) is 0 Å². The lowest BCUT2D eigenvalue weighted by Crippen LogP contribution is -2.60. The number of carbonyl (C=O) groups is 1. The quantitative estimate of drug-likeness (QED) is 0.360. The van der Waals surface area contributed by atoms with Crippen molar-refractivity contribution < 1.29 is 24.3 Å². The number of Topliss-reactive ketones (excluding diaryl/α,β-unsaturated/α-hetero) is 1. The summed E-state index contributed by atoms with van der Waals surface area (Å²) in [7, 11) is -2.76. The third kappa shape index (κ3) is 5.27. The summed E-state index contributed by atoms with van der Waals surface area (Å²) in [4.78, 5) is 12.8. The van der Waals surface area contributed by atoms with E-state index in [-0.39, 0.29) is 25.1 Å². The van der Waals surface area contributed by atoms with Crippen LogP contribution in [-0.2, 0) is 14.1 Å². The molecule has 0 aliphatic carbocycles. The minimum absolute atomic E-state index is 0.00684. The molecule has 0 aliphatic rings. The Morgan fingerprint density at radius 2 is 1.80 bits per heavy atom. The maximum absolute atomic E-state index is 13.3. The number of ketones is 1. The summed E-state index contributed by atoms with van der Waals surface area (Å²) in [6.45, 7) is 10.3. The molecule has 0 saturated carbocycles. The maximum Gasteiger partial charge on any atom is 0.482 e. The van der Waals surface area contributed by atoms with Crippen LogP contribution in [0, 0.1) is 11.3 Å². The zero-order valence-electron chi connectivity index (χ0n) is 15.8. The highest BCUT2D eigenvalue weighted by Crippen LogP contribution is 2.48. The fourth-order valence-electron chi connectivity index (χ4n) is 2.67. The molecule has 0 aromatic carbocycles. The van der Waals surface area contributed by atoms with Gasteiger partial charge in [0.15, 0.2) is 12.2 Å². The van der Waals surface area contributed by atoms with E-state index < -0.39 is 37.3 Å². The predicted octanol–water partition coefficient (Wildman–Crippen LogP) is 1.13. The number of nitrogens with zero attached hydrogens (tertiary/aromatic N) is 2. The molecule has 25 heavy (non-hydrogen) atoms. The van der Waals surface area contributed by atoms with Crippen LogP contribution in [0.4, 0.5) is 0 Å². The number of ether oxygens (including phenoxy) is 1. The van der Waals surface area contributed by atoms with E-state index in [4.69, 9.17) is 15.7 Å². The van der Waals surface area contributed by atoms with Gasteiger partial charge in [-0.3, -0.25) is 4.79 Å². The summed E-state index contributed by atoms with van der Waals surface area (Å²) in [5.41, 5.74) is 5.79. The molecule has 0 saturated heterocycles. The number of nitriles is 1. The first-order chi connectivity index (χ1) is 11.5. The second-order valence-corrected chi connectivity index (χ2v) is 8.09. The number of aliphatic hydroxyl groups is 2. The van der Waals surface area contributed by atoms with Gasteiger partial charge >= 0.3 is 13.3 Å². The van der Waals surface area contributed by atoms with Gasteiger partial charge in [-0.15, -0.1) is 0 Å². The van der Waals surface area contributed by atoms with E-state index in [1.54, 1.807) is 47.6 Å². The van der Waals surface area contributed by atoms with Crippen LogP contribution in [0.2, 0.25) is 0 Å². The van der Waals surface area contributed by atoms with Gasteiger partial charge in [-0.25, -0.2) is 0 Å². The van der Waals surface area contributed by atoms with E-state index in [1.165, 1.54) is 4.67 Å².